The summed E-state index contributed by atoms with van der Waals surface area (Å²) in [4.78, 5) is 12.0. The van der Waals surface area contributed by atoms with Crippen molar-refractivity contribution in [2.24, 2.45) is 5.92 Å². The predicted molar refractivity (Wildman–Crippen MR) is 60.1 cm³/mol. The number of rotatable bonds is 2. The topological polar surface area (TPSA) is 47.6 Å². The van der Waals surface area contributed by atoms with Gasteiger partial charge in [-0.2, -0.15) is 0 Å². The third-order valence-corrected chi connectivity index (χ3v) is 3.85. The molecule has 2 rings (SSSR count). The van der Waals surface area contributed by atoms with E-state index in [1.807, 2.05) is 0 Å². The van der Waals surface area contributed by atoms with Gasteiger partial charge in [-0.15, -0.1) is 0 Å². The van der Waals surface area contributed by atoms with Crippen LogP contribution in [0.3, 0.4) is 0 Å². The molecule has 92 valence electrons. The second kappa shape index (κ2) is 5.15. The van der Waals surface area contributed by atoms with Gasteiger partial charge in [0.2, 0.25) is 0 Å². The first-order valence-corrected chi connectivity index (χ1v) is 6.21. The van der Waals surface area contributed by atoms with Crippen LogP contribution >= 0.6 is 0 Å². The number of carbonyl (C=O) groups excluding carboxylic acids is 1. The fraction of sp³-hybridized carbons (Fsp3) is 0.917. The number of methoxy groups -OCH3 is 1. The zero-order valence-corrected chi connectivity index (χ0v) is 9.96. The highest BCUT2D eigenvalue weighted by atomic mass is 16.5. The molecule has 16 heavy (non-hydrogen) atoms. The summed E-state index contributed by atoms with van der Waals surface area (Å²) in [5, 5.41) is 3.40. The monoisotopic (exact) mass is 227 g/mol. The van der Waals surface area contributed by atoms with E-state index >= 15 is 0 Å². The minimum absolute atomic E-state index is 0.109. The highest BCUT2D eigenvalue weighted by Crippen LogP contribution is 2.33. The van der Waals surface area contributed by atoms with Gasteiger partial charge in [-0.05, 0) is 38.6 Å². The molecule has 0 spiro atoms. The summed E-state index contributed by atoms with van der Waals surface area (Å²) < 4.78 is 10.5. The molecule has 2 aliphatic rings. The smallest absolute Gasteiger partial charge is 0.326 e. The molecule has 4 nitrogen and oxygen atoms in total. The third-order valence-electron chi connectivity index (χ3n) is 3.85. The van der Waals surface area contributed by atoms with Gasteiger partial charge in [-0.3, -0.25) is 4.79 Å². The van der Waals surface area contributed by atoms with E-state index in [4.69, 9.17) is 9.47 Å². The maximum atomic E-state index is 12.0. The molecule has 2 unspecified atom stereocenters. The van der Waals surface area contributed by atoms with Crippen LogP contribution in [0.25, 0.3) is 0 Å². The van der Waals surface area contributed by atoms with Crippen LogP contribution in [0.4, 0.5) is 0 Å². The molecule has 0 radical (unpaired) electrons. The molecular weight excluding hydrogens is 206 g/mol. The zero-order chi connectivity index (χ0) is 11.4. The second-order valence-corrected chi connectivity index (χ2v) is 4.76. The van der Waals surface area contributed by atoms with Gasteiger partial charge < -0.3 is 14.8 Å². The van der Waals surface area contributed by atoms with E-state index in [2.05, 4.69) is 5.32 Å². The van der Waals surface area contributed by atoms with E-state index in [9.17, 15) is 4.79 Å². The Hall–Kier alpha value is -0.610. The lowest BCUT2D eigenvalue weighted by molar-refractivity contribution is -0.155. The number of esters is 1. The van der Waals surface area contributed by atoms with E-state index < -0.39 is 5.54 Å². The summed E-state index contributed by atoms with van der Waals surface area (Å²) in [5.74, 6) is 0.164. The van der Waals surface area contributed by atoms with Crippen molar-refractivity contribution in [3.63, 3.8) is 0 Å². The number of piperidine rings is 1. The standard InChI is InChI=1S/C12H21NO3/c1-15-11(14)12(6-2-3-7-13-12)10-5-4-8-16-9-10/h10,13H,2-9H2,1H3. The number of hydrogen-bond donors (Lipinski definition) is 1. The van der Waals surface area contributed by atoms with Crippen molar-refractivity contribution in [3.8, 4) is 0 Å². The number of hydrogen-bond acceptors (Lipinski definition) is 4. The lowest BCUT2D eigenvalue weighted by atomic mass is 9.75. The normalized spacial score (nSPS) is 35.7. The van der Waals surface area contributed by atoms with Crippen LogP contribution in [0, 0.1) is 5.92 Å². The molecular formula is C12H21NO3. The van der Waals surface area contributed by atoms with Crippen molar-refractivity contribution in [1.82, 2.24) is 5.32 Å². The van der Waals surface area contributed by atoms with E-state index in [1.54, 1.807) is 0 Å². The van der Waals surface area contributed by atoms with Crippen LogP contribution in [0.2, 0.25) is 0 Å². The van der Waals surface area contributed by atoms with Gasteiger partial charge in [0.1, 0.15) is 5.54 Å². The Bertz CT molecular complexity index is 243. The van der Waals surface area contributed by atoms with Gasteiger partial charge in [0, 0.05) is 12.5 Å². The first-order valence-electron chi connectivity index (χ1n) is 6.21. The Balaban J connectivity index is 2.14. The lowest BCUT2D eigenvalue weighted by Gasteiger charge is -2.43. The Labute approximate surface area is 96.7 Å². The molecule has 0 aromatic carbocycles. The molecule has 0 aromatic heterocycles. The molecule has 2 heterocycles. The SMILES string of the molecule is COC(=O)C1(C2CCCOC2)CCCCN1. The predicted octanol–water partition coefficient (Wildman–Crippen LogP) is 1.10. The maximum Gasteiger partial charge on any atom is 0.326 e. The average molecular weight is 227 g/mol. The lowest BCUT2D eigenvalue weighted by Crippen LogP contribution is -2.61. The molecule has 2 aliphatic heterocycles. The van der Waals surface area contributed by atoms with Crippen molar-refractivity contribution in [3.05, 3.63) is 0 Å². The summed E-state index contributed by atoms with van der Waals surface area (Å²) in [6.07, 6.45) is 5.23. The van der Waals surface area contributed by atoms with Crippen molar-refractivity contribution in [1.29, 1.82) is 0 Å². The van der Waals surface area contributed by atoms with Gasteiger partial charge in [0.15, 0.2) is 0 Å². The first-order chi connectivity index (χ1) is 7.79. The molecule has 4 heteroatoms. The van der Waals surface area contributed by atoms with Gasteiger partial charge in [0.05, 0.1) is 13.7 Å². The summed E-state index contributed by atoms with van der Waals surface area (Å²) in [6.45, 7) is 2.42. The highest BCUT2D eigenvalue weighted by molar-refractivity contribution is 5.81. The number of ether oxygens (including phenoxy) is 2. The first kappa shape index (κ1) is 11.9. The number of nitrogens with one attached hydrogen (secondary N) is 1. The molecule has 0 amide bonds. The second-order valence-electron chi connectivity index (χ2n) is 4.76. The van der Waals surface area contributed by atoms with Gasteiger partial charge in [-0.25, -0.2) is 0 Å². The molecule has 0 aromatic rings. The van der Waals surface area contributed by atoms with Crippen LogP contribution in [-0.4, -0.2) is 38.4 Å². The van der Waals surface area contributed by atoms with Crippen LogP contribution in [0.1, 0.15) is 32.1 Å². The Morgan fingerprint density at radius 1 is 1.44 bits per heavy atom. The fourth-order valence-corrected chi connectivity index (χ4v) is 2.93. The van der Waals surface area contributed by atoms with E-state index in [-0.39, 0.29) is 11.9 Å². The Morgan fingerprint density at radius 2 is 2.31 bits per heavy atom. The summed E-state index contributed by atoms with van der Waals surface area (Å²) >= 11 is 0. The van der Waals surface area contributed by atoms with Crippen molar-refractivity contribution in [2.45, 2.75) is 37.6 Å². The highest BCUT2D eigenvalue weighted by Gasteiger charge is 2.47. The summed E-state index contributed by atoms with van der Waals surface area (Å²) in [5.41, 5.74) is -0.479. The fourth-order valence-electron chi connectivity index (χ4n) is 2.93. The largest absolute Gasteiger partial charge is 0.468 e. The molecule has 2 saturated heterocycles. The third kappa shape index (κ3) is 2.09. The minimum Gasteiger partial charge on any atom is -0.468 e. The summed E-state index contributed by atoms with van der Waals surface area (Å²) in [7, 11) is 1.48. The quantitative estimate of drug-likeness (QED) is 0.718. The summed E-state index contributed by atoms with van der Waals surface area (Å²) in [6, 6.07) is 0. The van der Waals surface area contributed by atoms with Crippen molar-refractivity contribution < 1.29 is 14.3 Å². The van der Waals surface area contributed by atoms with Crippen molar-refractivity contribution >= 4 is 5.97 Å². The Kier molecular flexibility index (Phi) is 3.82. The molecule has 2 atom stereocenters. The van der Waals surface area contributed by atoms with Crippen LogP contribution in [0.15, 0.2) is 0 Å². The molecule has 0 saturated carbocycles. The van der Waals surface area contributed by atoms with E-state index in [0.29, 0.717) is 6.61 Å². The van der Waals surface area contributed by atoms with Gasteiger partial charge in [-0.1, -0.05) is 0 Å². The zero-order valence-electron chi connectivity index (χ0n) is 9.96. The van der Waals surface area contributed by atoms with E-state index in [0.717, 1.165) is 45.3 Å². The van der Waals surface area contributed by atoms with Gasteiger partial charge in [0.25, 0.3) is 0 Å². The van der Waals surface area contributed by atoms with Gasteiger partial charge >= 0.3 is 5.97 Å². The number of carbonyl (C=O) groups is 1. The maximum absolute atomic E-state index is 12.0. The molecule has 0 aliphatic carbocycles. The van der Waals surface area contributed by atoms with E-state index in [1.165, 1.54) is 7.11 Å². The van der Waals surface area contributed by atoms with Crippen LogP contribution in [-0.2, 0) is 14.3 Å². The van der Waals surface area contributed by atoms with Crippen molar-refractivity contribution in [2.75, 3.05) is 26.9 Å². The molecule has 1 N–H and O–H groups in total. The Morgan fingerprint density at radius 3 is 2.88 bits per heavy atom. The molecule has 2 fully saturated rings. The van der Waals surface area contributed by atoms with Crippen LogP contribution in [0.5, 0.6) is 0 Å². The van der Waals surface area contributed by atoms with Crippen LogP contribution < -0.4 is 5.32 Å². The minimum atomic E-state index is -0.479. The average Bonchev–Trinajstić information content (AvgIpc) is 2.39. The molecule has 0 bridgehead atoms.